The van der Waals surface area contributed by atoms with Crippen molar-refractivity contribution in [3.8, 4) is 28.5 Å². The molecule has 2 aromatic carbocycles. The van der Waals surface area contributed by atoms with E-state index < -0.39 is 24.2 Å². The van der Waals surface area contributed by atoms with Gasteiger partial charge in [0.15, 0.2) is 0 Å². The molecule has 0 fully saturated rings. The second-order valence-electron chi connectivity index (χ2n) is 13.8. The third-order valence-electron chi connectivity index (χ3n) is 6.57. The van der Waals surface area contributed by atoms with Crippen LogP contribution in [0.1, 0.15) is 55.6 Å². The summed E-state index contributed by atoms with van der Waals surface area (Å²) in [7, 11) is 0.834. The number of hydrogen-bond acceptors (Lipinski definition) is 0. The van der Waals surface area contributed by atoms with E-state index in [2.05, 4.69) is 188 Å². The molecule has 2 aromatic rings. The molecule has 42 heavy (non-hydrogen) atoms. The van der Waals surface area contributed by atoms with E-state index in [4.69, 9.17) is 16.1 Å². The van der Waals surface area contributed by atoms with Crippen molar-refractivity contribution in [2.75, 3.05) is 0 Å². The standard InChI is InChI=1S/C20H30Si2.C10H12I2.C5H9Si.ClH.Zn/c1-15-16(2)20(12-14-22(8,9)10)18(4)17(3)19(15)11-13-21(5,6)7;1-5-6(2)10(12)8(4)7(3)9(5)11;1-5-6(2,3)4;;/h1-10H3;1-4H3;2-4H3;1H;/q;;-1;;+2/p-1. The Labute approximate surface area is 305 Å². The van der Waals surface area contributed by atoms with E-state index in [9.17, 15) is 0 Å². The molecule has 0 spiro atoms. The van der Waals surface area contributed by atoms with Crippen LogP contribution in [-0.4, -0.2) is 24.2 Å². The number of rotatable bonds is 0. The Morgan fingerprint density at radius 2 is 0.667 bits per heavy atom. The zero-order valence-electron chi connectivity index (χ0n) is 29.3. The van der Waals surface area contributed by atoms with E-state index >= 15 is 0 Å². The van der Waals surface area contributed by atoms with E-state index in [1.807, 2.05) is 0 Å². The van der Waals surface area contributed by atoms with Crippen molar-refractivity contribution in [1.82, 2.24) is 0 Å². The first-order valence-electron chi connectivity index (χ1n) is 14.1. The molecule has 0 aliphatic heterocycles. The molecule has 0 aliphatic rings. The molecule has 0 saturated heterocycles. The summed E-state index contributed by atoms with van der Waals surface area (Å²) < 4.78 is 2.84. The average molecular weight is 911 g/mol. The fourth-order valence-electron chi connectivity index (χ4n) is 3.41. The molecule has 226 valence electrons. The predicted octanol–water partition coefficient (Wildman–Crippen LogP) is 11.6. The summed E-state index contributed by atoms with van der Waals surface area (Å²) in [4.78, 5) is 0. The van der Waals surface area contributed by atoms with Gasteiger partial charge in [-0.2, -0.15) is 0 Å². The molecule has 0 aliphatic carbocycles. The molecule has 0 N–H and O–H groups in total. The Kier molecular flexibility index (Phi) is 20.0. The Morgan fingerprint density at radius 3 is 0.810 bits per heavy atom. The molecule has 2 rings (SSSR count). The van der Waals surface area contributed by atoms with Crippen LogP contribution in [0.25, 0.3) is 0 Å². The van der Waals surface area contributed by atoms with Crippen molar-refractivity contribution >= 4 is 79.1 Å². The van der Waals surface area contributed by atoms with Crippen molar-refractivity contribution in [2.45, 2.75) is 114 Å². The van der Waals surface area contributed by atoms with Crippen molar-refractivity contribution in [3.63, 3.8) is 0 Å². The van der Waals surface area contributed by atoms with Crippen LogP contribution in [0.4, 0.5) is 0 Å². The molecule has 0 heterocycles. The minimum absolute atomic E-state index is 0.847. The topological polar surface area (TPSA) is 0 Å². The van der Waals surface area contributed by atoms with Gasteiger partial charge in [0.25, 0.3) is 0 Å². The van der Waals surface area contributed by atoms with Crippen molar-refractivity contribution in [1.29, 1.82) is 0 Å². The van der Waals surface area contributed by atoms with Gasteiger partial charge in [0.2, 0.25) is 0 Å². The summed E-state index contributed by atoms with van der Waals surface area (Å²) >= 11 is 5.71. The zero-order valence-corrected chi connectivity index (χ0v) is 40.4. The zero-order chi connectivity index (χ0) is 34.0. The van der Waals surface area contributed by atoms with Gasteiger partial charge in [-0.25, -0.2) is 0 Å². The average Bonchev–Trinajstić information content (AvgIpc) is 2.88. The summed E-state index contributed by atoms with van der Waals surface area (Å²) in [5.74, 6) is 6.95. The van der Waals surface area contributed by atoms with Crippen LogP contribution in [-0.2, 0) is 17.3 Å². The van der Waals surface area contributed by atoms with Crippen LogP contribution >= 0.6 is 54.9 Å². The Hall–Kier alpha value is 0.144. The van der Waals surface area contributed by atoms with Crippen LogP contribution in [0.3, 0.4) is 0 Å². The first-order valence-corrected chi connectivity index (χ1v) is 30.7. The van der Waals surface area contributed by atoms with Gasteiger partial charge >= 0.3 is 27.0 Å². The molecular weight excluding hydrogens is 859 g/mol. The second-order valence-corrected chi connectivity index (χ2v) is 30.2. The number of halogens is 3. The van der Waals surface area contributed by atoms with Gasteiger partial charge < -0.3 is 12.0 Å². The molecule has 0 atom stereocenters. The van der Waals surface area contributed by atoms with Crippen LogP contribution in [0.5, 0.6) is 0 Å². The summed E-state index contributed by atoms with van der Waals surface area (Å²) in [6.07, 6.45) is 6.67. The van der Waals surface area contributed by atoms with E-state index in [0.717, 1.165) is 17.3 Å². The quantitative estimate of drug-likeness (QED) is 0.107. The third kappa shape index (κ3) is 15.4. The monoisotopic (exact) mass is 908 g/mol. The normalized spacial score (nSPS) is 10.6. The Balaban J connectivity index is 0. The molecule has 0 amide bonds. The summed E-state index contributed by atoms with van der Waals surface area (Å²) in [6.45, 7) is 37.6. The molecule has 0 saturated carbocycles. The van der Waals surface area contributed by atoms with Gasteiger partial charge in [-0.15, -0.1) is 11.1 Å². The third-order valence-corrected chi connectivity index (χ3v) is 12.3. The van der Waals surface area contributed by atoms with Crippen LogP contribution in [0.2, 0.25) is 58.9 Å². The van der Waals surface area contributed by atoms with Gasteiger partial charge in [0, 0.05) is 18.3 Å². The van der Waals surface area contributed by atoms with E-state index in [1.165, 1.54) is 62.8 Å². The van der Waals surface area contributed by atoms with Crippen LogP contribution in [0.15, 0.2) is 0 Å². The minimum atomic E-state index is -1.36. The maximum atomic E-state index is 6.67. The van der Waals surface area contributed by atoms with Gasteiger partial charge in [0.05, 0.1) is 8.07 Å². The van der Waals surface area contributed by atoms with Crippen molar-refractivity contribution < 1.29 is 17.3 Å². The van der Waals surface area contributed by atoms with Crippen LogP contribution < -0.4 is 0 Å². The van der Waals surface area contributed by atoms with E-state index in [-0.39, 0.29) is 0 Å². The summed E-state index contributed by atoms with van der Waals surface area (Å²) in [5, 5.41) is 0. The molecular formula is C35H51ClI2Si3Zn. The molecule has 0 aromatic heterocycles. The van der Waals surface area contributed by atoms with Gasteiger partial charge in [-0.3, -0.25) is 0 Å². The predicted molar refractivity (Wildman–Crippen MR) is 213 cm³/mol. The van der Waals surface area contributed by atoms with Gasteiger partial charge in [-0.1, -0.05) is 70.8 Å². The SMILES string of the molecule is Cc1c(C)c(C#C[Si](C)(C)C)c(C)c(C)c1C#C[Si](C)(C)C.Cc1c(C)c(I)c(C)c(C)c1I.[C-]#C[Si](C)(C)C.[Cl][Zn+]. The second kappa shape index (κ2) is 19.0. The van der Waals surface area contributed by atoms with E-state index in [0.29, 0.717) is 0 Å². The Morgan fingerprint density at radius 1 is 0.476 bits per heavy atom. The maximum absolute atomic E-state index is 6.67. The summed E-state index contributed by atoms with van der Waals surface area (Å²) in [5.41, 5.74) is 22.9. The molecule has 0 nitrogen and oxygen atoms in total. The first-order chi connectivity index (χ1) is 18.9. The van der Waals surface area contributed by atoms with E-state index in [1.54, 1.807) is 0 Å². The fourth-order valence-corrected chi connectivity index (χ4v) is 6.03. The van der Waals surface area contributed by atoms with Gasteiger partial charge in [-0.05, 0) is 145 Å². The number of hydrogen-bond donors (Lipinski definition) is 0. The first kappa shape index (κ1) is 44.3. The van der Waals surface area contributed by atoms with Crippen molar-refractivity contribution in [2.24, 2.45) is 0 Å². The van der Waals surface area contributed by atoms with Crippen LogP contribution in [0, 0.1) is 97.4 Å². The molecule has 0 unspecified atom stereocenters. The fraction of sp³-hybridized carbons (Fsp3) is 0.486. The molecule has 7 heteroatoms. The number of benzene rings is 2. The molecule has 0 bridgehead atoms. The van der Waals surface area contributed by atoms with Gasteiger partial charge in [0.1, 0.15) is 16.1 Å². The van der Waals surface area contributed by atoms with Crippen molar-refractivity contribution in [3.05, 3.63) is 69.2 Å². The molecule has 0 radical (unpaired) electrons. The Bertz CT molecular complexity index is 1210. The summed E-state index contributed by atoms with van der Waals surface area (Å²) in [6, 6.07) is 0.